The minimum atomic E-state index is 0.298. The summed E-state index contributed by atoms with van der Waals surface area (Å²) in [5, 5.41) is 3.95. The average Bonchev–Trinajstić information content (AvgIpc) is 2.89. The van der Waals surface area contributed by atoms with Crippen LogP contribution in [0.15, 0.2) is 18.2 Å². The molecule has 3 aliphatic heterocycles. The molecule has 1 N–H and O–H groups in total. The van der Waals surface area contributed by atoms with Gasteiger partial charge >= 0.3 is 0 Å². The van der Waals surface area contributed by atoms with E-state index in [0.717, 1.165) is 12.0 Å². The Morgan fingerprint density at radius 2 is 2.05 bits per heavy atom. The molecule has 0 bridgehead atoms. The number of nitrogens with zero attached hydrogens (tertiary/aromatic N) is 1. The molecule has 3 aliphatic rings. The van der Waals surface area contributed by atoms with Crippen molar-refractivity contribution in [1.82, 2.24) is 4.90 Å². The van der Waals surface area contributed by atoms with Gasteiger partial charge in [0.25, 0.3) is 0 Å². The SMILES string of the molecule is Cc1cccc2c1N[C@H]1[C@H]3CCCN3CC[C@H]1C2(C)C. The number of aryl methyl sites for hydroxylation is 1. The summed E-state index contributed by atoms with van der Waals surface area (Å²) in [6.45, 7) is 9.80. The second kappa shape index (κ2) is 4.24. The predicted octanol–water partition coefficient (Wildman–Crippen LogP) is 3.55. The highest BCUT2D eigenvalue weighted by molar-refractivity contribution is 5.63. The summed E-state index contributed by atoms with van der Waals surface area (Å²) >= 11 is 0. The molecular weight excluding hydrogens is 244 g/mol. The third kappa shape index (κ3) is 1.60. The zero-order valence-electron chi connectivity index (χ0n) is 12.9. The molecule has 108 valence electrons. The number of rotatable bonds is 0. The van der Waals surface area contributed by atoms with E-state index in [4.69, 9.17) is 0 Å². The van der Waals surface area contributed by atoms with Gasteiger partial charge in [0.2, 0.25) is 0 Å². The summed E-state index contributed by atoms with van der Waals surface area (Å²) in [6.07, 6.45) is 4.11. The molecule has 2 fully saturated rings. The number of nitrogens with one attached hydrogen (secondary N) is 1. The molecule has 1 aromatic carbocycles. The lowest BCUT2D eigenvalue weighted by Crippen LogP contribution is -2.59. The van der Waals surface area contributed by atoms with Crippen molar-refractivity contribution in [3.05, 3.63) is 29.3 Å². The number of piperidine rings is 1. The van der Waals surface area contributed by atoms with Crippen molar-refractivity contribution in [1.29, 1.82) is 0 Å². The Hall–Kier alpha value is -1.02. The molecule has 0 unspecified atom stereocenters. The Balaban J connectivity index is 1.81. The normalized spacial score (nSPS) is 34.9. The first kappa shape index (κ1) is 12.7. The van der Waals surface area contributed by atoms with Crippen LogP contribution in [0.5, 0.6) is 0 Å². The summed E-state index contributed by atoms with van der Waals surface area (Å²) in [4.78, 5) is 2.73. The fourth-order valence-corrected chi connectivity index (χ4v) is 5.06. The van der Waals surface area contributed by atoms with Crippen LogP contribution in [0.25, 0.3) is 0 Å². The first-order valence-electron chi connectivity index (χ1n) is 8.20. The van der Waals surface area contributed by atoms with E-state index < -0.39 is 0 Å². The molecule has 0 aliphatic carbocycles. The zero-order chi connectivity index (χ0) is 13.9. The molecule has 2 saturated heterocycles. The van der Waals surface area contributed by atoms with Crippen LogP contribution in [0, 0.1) is 12.8 Å². The maximum Gasteiger partial charge on any atom is 0.0453 e. The zero-order valence-corrected chi connectivity index (χ0v) is 12.9. The van der Waals surface area contributed by atoms with Gasteiger partial charge < -0.3 is 5.32 Å². The number of hydrogen-bond donors (Lipinski definition) is 1. The van der Waals surface area contributed by atoms with E-state index in [0.29, 0.717) is 11.5 Å². The minimum Gasteiger partial charge on any atom is -0.380 e. The summed E-state index contributed by atoms with van der Waals surface area (Å²) in [5.74, 6) is 0.774. The van der Waals surface area contributed by atoms with Gasteiger partial charge in [-0.25, -0.2) is 0 Å². The Bertz CT molecular complexity index is 534. The third-order valence-electron chi connectivity index (χ3n) is 6.19. The third-order valence-corrected chi connectivity index (χ3v) is 6.19. The lowest BCUT2D eigenvalue weighted by atomic mass is 9.62. The number of para-hydroxylation sites is 1. The van der Waals surface area contributed by atoms with Crippen LogP contribution < -0.4 is 5.32 Å². The van der Waals surface area contributed by atoms with E-state index in [1.54, 1.807) is 0 Å². The van der Waals surface area contributed by atoms with Crippen LogP contribution in [0.4, 0.5) is 5.69 Å². The fourth-order valence-electron chi connectivity index (χ4n) is 5.06. The van der Waals surface area contributed by atoms with Gasteiger partial charge in [0.1, 0.15) is 0 Å². The van der Waals surface area contributed by atoms with Gasteiger partial charge in [-0.1, -0.05) is 32.0 Å². The molecule has 0 aromatic heterocycles. The van der Waals surface area contributed by atoms with Gasteiger partial charge in [0.15, 0.2) is 0 Å². The number of benzene rings is 1. The molecule has 3 atom stereocenters. The summed E-state index contributed by atoms with van der Waals surface area (Å²) in [6, 6.07) is 8.22. The molecule has 0 amide bonds. The van der Waals surface area contributed by atoms with Crippen molar-refractivity contribution in [2.24, 2.45) is 5.92 Å². The summed E-state index contributed by atoms with van der Waals surface area (Å²) < 4.78 is 0. The van der Waals surface area contributed by atoms with E-state index in [9.17, 15) is 0 Å². The maximum absolute atomic E-state index is 3.95. The van der Waals surface area contributed by atoms with Crippen molar-refractivity contribution < 1.29 is 0 Å². The first-order valence-corrected chi connectivity index (χ1v) is 8.20. The second-order valence-corrected chi connectivity index (χ2v) is 7.53. The molecular formula is C18H26N2. The van der Waals surface area contributed by atoms with Crippen molar-refractivity contribution in [3.63, 3.8) is 0 Å². The molecule has 0 spiro atoms. The van der Waals surface area contributed by atoms with Crippen molar-refractivity contribution in [2.45, 2.75) is 57.5 Å². The van der Waals surface area contributed by atoms with E-state index >= 15 is 0 Å². The van der Waals surface area contributed by atoms with Gasteiger partial charge in [0, 0.05) is 17.8 Å². The molecule has 2 heteroatoms. The highest BCUT2D eigenvalue weighted by atomic mass is 15.2. The highest BCUT2D eigenvalue weighted by Gasteiger charge is 2.49. The number of fused-ring (bicyclic) bond motifs is 4. The van der Waals surface area contributed by atoms with Crippen molar-refractivity contribution in [2.75, 3.05) is 18.4 Å². The standard InChI is InChI=1S/C18H26N2/c1-12-6-4-7-13-16(12)19-17-14(18(13,2)3)9-11-20-10-5-8-15(17)20/h4,6-7,14-15,17,19H,5,8-11H2,1-3H3/t14-,15-,17-/m1/s1. The number of anilines is 1. The molecule has 4 rings (SSSR count). The lowest BCUT2D eigenvalue weighted by Gasteiger charge is -2.53. The van der Waals surface area contributed by atoms with Gasteiger partial charge in [-0.05, 0) is 61.7 Å². The lowest BCUT2D eigenvalue weighted by molar-refractivity contribution is 0.0911. The minimum absolute atomic E-state index is 0.298. The van der Waals surface area contributed by atoms with Gasteiger partial charge in [0.05, 0.1) is 0 Å². The van der Waals surface area contributed by atoms with E-state index in [1.165, 1.54) is 49.2 Å². The Morgan fingerprint density at radius 3 is 2.90 bits per heavy atom. The van der Waals surface area contributed by atoms with Crippen LogP contribution in [0.3, 0.4) is 0 Å². The molecule has 0 saturated carbocycles. The maximum atomic E-state index is 3.95. The van der Waals surface area contributed by atoms with Crippen molar-refractivity contribution >= 4 is 5.69 Å². The van der Waals surface area contributed by atoms with Gasteiger partial charge in [-0.2, -0.15) is 0 Å². The largest absolute Gasteiger partial charge is 0.380 e. The topological polar surface area (TPSA) is 15.3 Å². The smallest absolute Gasteiger partial charge is 0.0453 e. The van der Waals surface area contributed by atoms with Gasteiger partial charge in [-0.3, -0.25) is 4.90 Å². The van der Waals surface area contributed by atoms with E-state index in [1.807, 2.05) is 0 Å². The predicted molar refractivity (Wildman–Crippen MR) is 84.3 cm³/mol. The van der Waals surface area contributed by atoms with E-state index in [-0.39, 0.29) is 0 Å². The first-order chi connectivity index (χ1) is 9.59. The average molecular weight is 270 g/mol. The van der Waals surface area contributed by atoms with Crippen LogP contribution in [0.1, 0.15) is 44.2 Å². The molecule has 0 radical (unpaired) electrons. The van der Waals surface area contributed by atoms with E-state index in [2.05, 4.69) is 49.2 Å². The molecule has 2 nitrogen and oxygen atoms in total. The monoisotopic (exact) mass is 270 g/mol. The Kier molecular flexibility index (Phi) is 2.69. The highest BCUT2D eigenvalue weighted by Crippen LogP contribution is 2.49. The van der Waals surface area contributed by atoms with Gasteiger partial charge in [-0.15, -0.1) is 0 Å². The van der Waals surface area contributed by atoms with Crippen LogP contribution in [-0.2, 0) is 5.41 Å². The quantitative estimate of drug-likeness (QED) is 0.775. The Morgan fingerprint density at radius 1 is 1.20 bits per heavy atom. The second-order valence-electron chi connectivity index (χ2n) is 7.53. The van der Waals surface area contributed by atoms with Crippen LogP contribution >= 0.6 is 0 Å². The Labute approximate surface area is 122 Å². The summed E-state index contributed by atoms with van der Waals surface area (Å²) in [5.41, 5.74) is 4.66. The van der Waals surface area contributed by atoms with Crippen LogP contribution in [0.2, 0.25) is 0 Å². The van der Waals surface area contributed by atoms with Crippen molar-refractivity contribution in [3.8, 4) is 0 Å². The van der Waals surface area contributed by atoms with Crippen LogP contribution in [-0.4, -0.2) is 30.1 Å². The molecule has 20 heavy (non-hydrogen) atoms. The molecule has 1 aromatic rings. The fraction of sp³-hybridized carbons (Fsp3) is 0.667. The summed E-state index contributed by atoms with van der Waals surface area (Å²) in [7, 11) is 0. The number of hydrogen-bond acceptors (Lipinski definition) is 2. The molecule has 3 heterocycles.